The van der Waals surface area contributed by atoms with E-state index in [9.17, 15) is 4.39 Å². The number of nitrogens with zero attached hydrogens (tertiary/aromatic N) is 2. The molecule has 1 saturated heterocycles. The van der Waals surface area contributed by atoms with Gasteiger partial charge in [0.15, 0.2) is 5.96 Å². The quantitative estimate of drug-likeness (QED) is 0.376. The number of guanidine groups is 1. The van der Waals surface area contributed by atoms with Crippen LogP contribution < -0.4 is 10.6 Å². The molecule has 1 saturated carbocycles. The maximum absolute atomic E-state index is 13.5. The molecule has 0 amide bonds. The zero-order valence-corrected chi connectivity index (χ0v) is 18.0. The van der Waals surface area contributed by atoms with E-state index in [0.717, 1.165) is 57.2 Å². The number of aliphatic imine (C=N–C) groups is 1. The van der Waals surface area contributed by atoms with E-state index in [0.29, 0.717) is 6.54 Å². The molecular weight excluding hydrogens is 446 g/mol. The van der Waals surface area contributed by atoms with Crippen molar-refractivity contribution in [2.24, 2.45) is 4.99 Å². The summed E-state index contributed by atoms with van der Waals surface area (Å²) in [5, 5.41) is 6.68. The molecule has 1 aromatic rings. The van der Waals surface area contributed by atoms with Crippen molar-refractivity contribution in [1.82, 2.24) is 15.5 Å². The van der Waals surface area contributed by atoms with Crippen LogP contribution in [0.25, 0.3) is 0 Å². The lowest BCUT2D eigenvalue weighted by Gasteiger charge is -2.30. The van der Waals surface area contributed by atoms with Gasteiger partial charge in [-0.15, -0.1) is 24.0 Å². The first-order chi connectivity index (χ1) is 12.1. The van der Waals surface area contributed by atoms with Crippen molar-refractivity contribution in [3.05, 3.63) is 35.6 Å². The minimum absolute atomic E-state index is 0. The molecule has 2 aliphatic rings. The van der Waals surface area contributed by atoms with Crippen LogP contribution in [-0.4, -0.2) is 63.3 Å². The van der Waals surface area contributed by atoms with Crippen LogP contribution in [0.15, 0.2) is 29.3 Å². The molecule has 0 radical (unpaired) electrons. The second-order valence-electron chi connectivity index (χ2n) is 7.12. The molecule has 26 heavy (non-hydrogen) atoms. The van der Waals surface area contributed by atoms with Gasteiger partial charge in [-0.05, 0) is 44.5 Å². The topological polar surface area (TPSA) is 48.9 Å². The zero-order chi connectivity index (χ0) is 17.7. The molecular formula is C19H30FIN4O. The predicted molar refractivity (Wildman–Crippen MR) is 114 cm³/mol. The molecule has 0 spiro atoms. The van der Waals surface area contributed by atoms with Crippen LogP contribution in [0.1, 0.15) is 25.3 Å². The lowest BCUT2D eigenvalue weighted by Crippen LogP contribution is -2.48. The number of ether oxygens (including phenoxy) is 1. The molecule has 146 valence electrons. The Labute approximate surface area is 172 Å². The average Bonchev–Trinajstić information content (AvgIpc) is 3.39. The van der Waals surface area contributed by atoms with E-state index in [1.54, 1.807) is 12.1 Å². The third-order valence-electron chi connectivity index (χ3n) is 5.01. The zero-order valence-electron chi connectivity index (χ0n) is 15.6. The largest absolute Gasteiger partial charge is 0.374 e. The molecule has 7 heteroatoms. The first-order valence-corrected chi connectivity index (χ1v) is 9.20. The number of likely N-dealkylation sites (N-methyl/N-ethyl adjacent to an activating group) is 1. The maximum Gasteiger partial charge on any atom is 0.191 e. The number of hydrogen-bond acceptors (Lipinski definition) is 3. The van der Waals surface area contributed by atoms with Crippen molar-refractivity contribution in [3.63, 3.8) is 0 Å². The second kappa shape index (κ2) is 9.85. The minimum Gasteiger partial charge on any atom is -0.374 e. The van der Waals surface area contributed by atoms with Crippen LogP contribution >= 0.6 is 24.0 Å². The summed E-state index contributed by atoms with van der Waals surface area (Å²) in [6.07, 6.45) is 2.31. The molecule has 0 aromatic heterocycles. The van der Waals surface area contributed by atoms with Crippen molar-refractivity contribution in [1.29, 1.82) is 0 Å². The molecule has 2 fully saturated rings. The van der Waals surface area contributed by atoms with Crippen LogP contribution in [0.4, 0.5) is 4.39 Å². The molecule has 3 rings (SSSR count). The fourth-order valence-electron chi connectivity index (χ4n) is 3.28. The summed E-state index contributed by atoms with van der Waals surface area (Å²) in [6.45, 7) is 6.98. The van der Waals surface area contributed by atoms with E-state index >= 15 is 0 Å². The number of benzene rings is 1. The van der Waals surface area contributed by atoms with E-state index in [1.807, 2.05) is 6.07 Å². The second-order valence-corrected chi connectivity index (χ2v) is 7.12. The summed E-state index contributed by atoms with van der Waals surface area (Å²) in [5.41, 5.74) is 1.07. The molecule has 1 aromatic carbocycles. The first kappa shape index (κ1) is 21.4. The van der Waals surface area contributed by atoms with Crippen LogP contribution in [0.2, 0.25) is 0 Å². The fraction of sp³-hybridized carbons (Fsp3) is 0.632. The standard InChI is InChI=1S/C19H29FN4O.HI/c1-3-21-18(22-12-17-13-24(2)9-10-25-17)23-14-19(7-8-19)15-5-4-6-16(20)11-15;/h4-6,11,17H,3,7-10,12-14H2,1-2H3,(H2,21,22,23);1H. The Kier molecular flexibility index (Phi) is 8.09. The SMILES string of the molecule is CCNC(=NCC1(c2cccc(F)c2)CC1)NCC1CN(C)CCO1.I. The van der Waals surface area contributed by atoms with Crippen LogP contribution in [0.3, 0.4) is 0 Å². The van der Waals surface area contributed by atoms with Crippen molar-refractivity contribution in [2.45, 2.75) is 31.3 Å². The Hall–Kier alpha value is -0.930. The van der Waals surface area contributed by atoms with Crippen LogP contribution in [0, 0.1) is 5.82 Å². The van der Waals surface area contributed by atoms with Gasteiger partial charge in [-0.25, -0.2) is 4.39 Å². The van der Waals surface area contributed by atoms with Gasteiger partial charge in [-0.3, -0.25) is 4.99 Å². The summed E-state index contributed by atoms with van der Waals surface area (Å²) < 4.78 is 19.3. The van der Waals surface area contributed by atoms with Crippen LogP contribution in [0.5, 0.6) is 0 Å². The summed E-state index contributed by atoms with van der Waals surface area (Å²) in [6, 6.07) is 6.94. The molecule has 1 heterocycles. The highest BCUT2D eigenvalue weighted by Crippen LogP contribution is 2.48. The Balaban J connectivity index is 0.00000243. The van der Waals surface area contributed by atoms with Gasteiger partial charge >= 0.3 is 0 Å². The first-order valence-electron chi connectivity index (χ1n) is 9.20. The van der Waals surface area contributed by atoms with Gasteiger partial charge in [-0.2, -0.15) is 0 Å². The van der Waals surface area contributed by atoms with E-state index in [2.05, 4.69) is 29.5 Å². The highest BCUT2D eigenvalue weighted by atomic mass is 127. The van der Waals surface area contributed by atoms with Crippen LogP contribution in [-0.2, 0) is 10.2 Å². The van der Waals surface area contributed by atoms with E-state index in [-0.39, 0.29) is 41.3 Å². The highest BCUT2D eigenvalue weighted by Gasteiger charge is 2.44. The summed E-state index contributed by atoms with van der Waals surface area (Å²) in [5.74, 6) is 0.637. The Morgan fingerprint density at radius 1 is 1.38 bits per heavy atom. The molecule has 2 N–H and O–H groups in total. The third kappa shape index (κ3) is 5.79. The highest BCUT2D eigenvalue weighted by molar-refractivity contribution is 14.0. The monoisotopic (exact) mass is 476 g/mol. The van der Waals surface area contributed by atoms with Gasteiger partial charge in [0.05, 0.1) is 19.3 Å². The lowest BCUT2D eigenvalue weighted by molar-refractivity contribution is -0.0161. The number of nitrogens with one attached hydrogen (secondary N) is 2. The Morgan fingerprint density at radius 3 is 2.85 bits per heavy atom. The molecule has 0 bridgehead atoms. The lowest BCUT2D eigenvalue weighted by atomic mass is 9.96. The molecule has 5 nitrogen and oxygen atoms in total. The van der Waals surface area contributed by atoms with Gasteiger partial charge in [0, 0.05) is 31.6 Å². The Bertz CT molecular complexity index is 609. The van der Waals surface area contributed by atoms with Gasteiger partial charge in [0.2, 0.25) is 0 Å². The number of morpholine rings is 1. The molecule has 1 aliphatic heterocycles. The minimum atomic E-state index is -0.170. The molecule has 1 atom stereocenters. The van der Waals surface area contributed by atoms with Crippen molar-refractivity contribution < 1.29 is 9.13 Å². The van der Waals surface area contributed by atoms with Gasteiger partial charge in [0.1, 0.15) is 5.82 Å². The number of hydrogen-bond donors (Lipinski definition) is 2. The smallest absolute Gasteiger partial charge is 0.191 e. The van der Waals surface area contributed by atoms with E-state index in [1.165, 1.54) is 6.07 Å². The summed E-state index contributed by atoms with van der Waals surface area (Å²) in [4.78, 5) is 7.04. The molecule has 1 aliphatic carbocycles. The van der Waals surface area contributed by atoms with Gasteiger partial charge in [0.25, 0.3) is 0 Å². The normalized spacial score (nSPS) is 22.4. The predicted octanol–water partition coefficient (Wildman–Crippen LogP) is 2.36. The molecule has 1 unspecified atom stereocenters. The van der Waals surface area contributed by atoms with Gasteiger partial charge < -0.3 is 20.3 Å². The van der Waals surface area contributed by atoms with E-state index < -0.39 is 0 Å². The Morgan fingerprint density at radius 2 is 2.19 bits per heavy atom. The maximum atomic E-state index is 13.5. The van der Waals surface area contributed by atoms with Crippen molar-refractivity contribution in [2.75, 3.05) is 46.4 Å². The summed E-state index contributed by atoms with van der Waals surface area (Å²) >= 11 is 0. The fourth-order valence-corrected chi connectivity index (χ4v) is 3.28. The third-order valence-corrected chi connectivity index (χ3v) is 5.01. The van der Waals surface area contributed by atoms with Crippen molar-refractivity contribution >= 4 is 29.9 Å². The van der Waals surface area contributed by atoms with E-state index in [4.69, 9.17) is 9.73 Å². The van der Waals surface area contributed by atoms with Gasteiger partial charge in [-0.1, -0.05) is 12.1 Å². The van der Waals surface area contributed by atoms with Crippen molar-refractivity contribution in [3.8, 4) is 0 Å². The number of halogens is 2. The summed E-state index contributed by atoms with van der Waals surface area (Å²) in [7, 11) is 2.12. The average molecular weight is 476 g/mol. The number of rotatable bonds is 6.